The van der Waals surface area contributed by atoms with E-state index in [1.807, 2.05) is 43.3 Å². The van der Waals surface area contributed by atoms with E-state index >= 15 is 0 Å². The number of pyridine rings is 1. The largest absolute Gasteiger partial charge is 0.319 e. The summed E-state index contributed by atoms with van der Waals surface area (Å²) in [5, 5.41) is 6.14. The quantitative estimate of drug-likeness (QED) is 0.406. The number of hydrogen-bond donors (Lipinski definition) is 1. The summed E-state index contributed by atoms with van der Waals surface area (Å²) in [7, 11) is 1.38. The van der Waals surface area contributed by atoms with Gasteiger partial charge in [-0.05, 0) is 38.3 Å². The van der Waals surface area contributed by atoms with E-state index in [0.29, 0.717) is 17.9 Å². The summed E-state index contributed by atoms with van der Waals surface area (Å²) >= 11 is 8.24. The first-order valence-corrected chi connectivity index (χ1v) is 11.6. The maximum absolute atomic E-state index is 12.8. The zero-order valence-corrected chi connectivity index (χ0v) is 18.0. The number of aromatic nitrogens is 3. The number of nitrogens with one attached hydrogen (secondary N) is 1. The molecule has 3 rings (SSSR count). The summed E-state index contributed by atoms with van der Waals surface area (Å²) in [6.07, 6.45) is 3.23. The van der Waals surface area contributed by atoms with Gasteiger partial charge >= 0.3 is 0 Å². The molecule has 1 aromatic carbocycles. The van der Waals surface area contributed by atoms with Crippen molar-refractivity contribution in [2.75, 3.05) is 5.32 Å². The predicted octanol–water partition coefficient (Wildman–Crippen LogP) is 4.78. The monoisotopic (exact) mass is 508 g/mol. The topological polar surface area (TPSA) is 59.8 Å². The number of benzene rings is 1. The third-order valence-electron chi connectivity index (χ3n) is 3.63. The Labute approximate surface area is 178 Å². The lowest BCUT2D eigenvalue weighted by molar-refractivity contribution is 0.751. The summed E-state index contributed by atoms with van der Waals surface area (Å²) in [5.41, 5.74) is 2.37. The van der Waals surface area contributed by atoms with Crippen LogP contribution in [0.5, 0.6) is 0 Å². The van der Waals surface area contributed by atoms with Crippen molar-refractivity contribution in [3.8, 4) is 11.2 Å². The molecule has 3 aromatic rings. The highest BCUT2D eigenvalue weighted by atomic mass is 127. The van der Waals surface area contributed by atoms with Crippen molar-refractivity contribution in [2.45, 2.75) is 13.5 Å². The van der Waals surface area contributed by atoms with Crippen LogP contribution in [0.3, 0.4) is 0 Å². The average molecular weight is 509 g/mol. The molecule has 0 bridgehead atoms. The van der Waals surface area contributed by atoms with Crippen LogP contribution in [0.4, 0.5) is 11.6 Å². The fourth-order valence-electron chi connectivity index (χ4n) is 2.44. The molecule has 27 heavy (non-hydrogen) atoms. The molecule has 0 amide bonds. The van der Waals surface area contributed by atoms with Gasteiger partial charge in [-0.15, -0.1) is 0 Å². The van der Waals surface area contributed by atoms with Crippen LogP contribution in [0.25, 0.3) is 0 Å². The molecule has 0 fully saturated rings. The molecular formula is C19H14ClIN4OS. The number of halogens is 2. The van der Waals surface area contributed by atoms with Gasteiger partial charge in [0.1, 0.15) is 11.0 Å². The molecule has 0 unspecified atom stereocenters. The molecule has 0 saturated heterocycles. The van der Waals surface area contributed by atoms with E-state index < -0.39 is 0 Å². The molecule has 2 aromatic heterocycles. The Balaban J connectivity index is 1.98. The second kappa shape index (κ2) is 9.26. The Bertz CT molecular complexity index is 1080. The molecule has 1 N–H and O–H groups in total. The molecule has 0 spiro atoms. The molecule has 0 aliphatic heterocycles. The molecule has 0 saturated carbocycles. The smallest absolute Gasteiger partial charge is 0.294 e. The second-order valence-electron chi connectivity index (χ2n) is 5.67. The van der Waals surface area contributed by atoms with E-state index in [1.165, 1.54) is 19.7 Å². The lowest BCUT2D eigenvalue weighted by atomic mass is 10.2. The van der Waals surface area contributed by atoms with Gasteiger partial charge in [0.25, 0.3) is 5.56 Å². The van der Waals surface area contributed by atoms with Crippen molar-refractivity contribution in [3.05, 3.63) is 81.0 Å². The van der Waals surface area contributed by atoms with Crippen LogP contribution in [0.2, 0.25) is 5.15 Å². The highest BCUT2D eigenvalue weighted by Gasteiger charge is 2.11. The van der Waals surface area contributed by atoms with Crippen LogP contribution in [0.1, 0.15) is 16.7 Å². The summed E-state index contributed by atoms with van der Waals surface area (Å²) < 4.78 is 1.52. The van der Waals surface area contributed by atoms with E-state index in [1.54, 1.807) is 6.20 Å². The summed E-state index contributed by atoms with van der Waals surface area (Å²) in [6.45, 7) is 2.33. The number of rotatable bonds is 4. The number of nitrogens with zero attached hydrogens (tertiary/aromatic N) is 3. The van der Waals surface area contributed by atoms with Gasteiger partial charge in [-0.1, -0.05) is 47.9 Å². The number of anilines is 2. The van der Waals surface area contributed by atoms with Crippen LogP contribution in [0.15, 0.2) is 53.6 Å². The Morgan fingerprint density at radius 3 is 2.81 bits per heavy atom. The summed E-state index contributed by atoms with van der Waals surface area (Å²) in [4.78, 5) is 21.3. The molecule has 2 heterocycles. The Kier molecular flexibility index (Phi) is 6.77. The minimum Gasteiger partial charge on any atom is -0.319 e. The maximum Gasteiger partial charge on any atom is 0.294 e. The van der Waals surface area contributed by atoms with Gasteiger partial charge in [-0.3, -0.25) is 4.79 Å². The van der Waals surface area contributed by atoms with Crippen LogP contribution < -0.4 is 10.9 Å². The van der Waals surface area contributed by atoms with Crippen LogP contribution >= 0.6 is 41.7 Å². The van der Waals surface area contributed by atoms with Crippen molar-refractivity contribution < 1.29 is 0 Å². The Hall–Kier alpha value is -2.02. The van der Waals surface area contributed by atoms with E-state index in [9.17, 15) is 4.79 Å². The Morgan fingerprint density at radius 2 is 2.07 bits per heavy atom. The van der Waals surface area contributed by atoms with Gasteiger partial charge < -0.3 is 9.88 Å². The normalized spacial score (nSPS) is 10.2. The van der Waals surface area contributed by atoms with Crippen LogP contribution in [0, 0.1) is 18.1 Å². The van der Waals surface area contributed by atoms with Gasteiger partial charge in [-0.25, -0.2) is 9.97 Å². The first-order valence-electron chi connectivity index (χ1n) is 7.90. The highest BCUT2D eigenvalue weighted by Crippen LogP contribution is 2.18. The van der Waals surface area contributed by atoms with Gasteiger partial charge in [-0.2, -0.15) is 0 Å². The van der Waals surface area contributed by atoms with E-state index in [0.717, 1.165) is 11.1 Å². The minimum absolute atomic E-state index is 0.111. The highest BCUT2D eigenvalue weighted by molar-refractivity contribution is 14.2. The molecule has 136 valence electrons. The van der Waals surface area contributed by atoms with Gasteiger partial charge in [0.05, 0.1) is 12.1 Å². The fourth-order valence-corrected chi connectivity index (χ4v) is 3.12. The molecule has 0 radical (unpaired) electrons. The second-order valence-corrected chi connectivity index (χ2v) is 7.74. The average Bonchev–Trinajstić information content (AvgIpc) is 2.66. The lowest BCUT2D eigenvalue weighted by Crippen LogP contribution is -2.24. The zero-order valence-electron chi connectivity index (χ0n) is 14.2. The first-order chi connectivity index (χ1) is 13.1. The van der Waals surface area contributed by atoms with Crippen molar-refractivity contribution in [1.29, 1.82) is 0 Å². The molecule has 0 aliphatic rings. The van der Waals surface area contributed by atoms with Gasteiger partial charge in [0, 0.05) is 33.6 Å². The Morgan fingerprint density at radius 1 is 1.30 bits per heavy atom. The fraction of sp³-hybridized carbons (Fsp3) is 0.105. The van der Waals surface area contributed by atoms with Gasteiger partial charge in [0.2, 0.25) is 0 Å². The van der Waals surface area contributed by atoms with Crippen molar-refractivity contribution >= 4 is 53.4 Å². The summed E-state index contributed by atoms with van der Waals surface area (Å²) in [6, 6.07) is 11.6. The standard InChI is InChI=1S/C19H14ClIN4OS/c1-13-9-15(7-8-27-21)17(22-10-13)24-18-19(26)25(12-16(20)23-18)11-14-5-3-2-4-6-14/h2-6,9-10,12H,11H2,1H3,(H,22,23,24). The van der Waals surface area contributed by atoms with E-state index in [2.05, 4.69) is 47.7 Å². The molecule has 8 heteroatoms. The number of hydrogen-bond acceptors (Lipinski definition) is 5. The number of aryl methyl sites for hydroxylation is 1. The molecule has 5 nitrogen and oxygen atoms in total. The van der Waals surface area contributed by atoms with Crippen molar-refractivity contribution in [3.63, 3.8) is 0 Å². The minimum atomic E-state index is -0.284. The lowest BCUT2D eigenvalue weighted by Gasteiger charge is -2.11. The molecular weight excluding hydrogens is 495 g/mol. The van der Waals surface area contributed by atoms with E-state index in [4.69, 9.17) is 11.6 Å². The summed E-state index contributed by atoms with van der Waals surface area (Å²) in [5.74, 6) is 3.60. The predicted molar refractivity (Wildman–Crippen MR) is 120 cm³/mol. The first kappa shape index (κ1) is 19.7. The van der Waals surface area contributed by atoms with E-state index in [-0.39, 0.29) is 16.5 Å². The van der Waals surface area contributed by atoms with Crippen molar-refractivity contribution in [2.24, 2.45) is 0 Å². The van der Waals surface area contributed by atoms with Gasteiger partial charge in [0.15, 0.2) is 5.82 Å². The third-order valence-corrected chi connectivity index (χ3v) is 4.65. The molecule has 0 atom stereocenters. The SMILES string of the molecule is Cc1cnc(Nc2nc(Cl)cn(Cc3ccccc3)c2=O)c(C#CSI)c1. The van der Waals surface area contributed by atoms with Crippen molar-refractivity contribution in [1.82, 2.24) is 14.5 Å². The zero-order chi connectivity index (χ0) is 19.2. The third kappa shape index (κ3) is 5.25. The molecule has 0 aliphatic carbocycles. The van der Waals surface area contributed by atoms with Crippen LogP contribution in [-0.4, -0.2) is 14.5 Å². The maximum atomic E-state index is 12.8. The van der Waals surface area contributed by atoms with Crippen LogP contribution in [-0.2, 0) is 6.54 Å².